The zero-order valence-corrected chi connectivity index (χ0v) is 19.6. The summed E-state index contributed by atoms with van der Waals surface area (Å²) < 4.78 is 34.1. The molecule has 172 valence electrons. The first-order valence-corrected chi connectivity index (χ1v) is 12.1. The summed E-state index contributed by atoms with van der Waals surface area (Å²) in [5.41, 5.74) is 0.973. The van der Waals surface area contributed by atoms with Crippen LogP contribution in [-0.2, 0) is 26.1 Å². The van der Waals surface area contributed by atoms with Gasteiger partial charge in [-0.2, -0.15) is 9.30 Å². The average Bonchev–Trinajstić information content (AvgIpc) is 3.15. The number of ether oxygens (including phenoxy) is 1. The second-order valence-corrected chi connectivity index (χ2v) is 9.80. The van der Waals surface area contributed by atoms with Gasteiger partial charge in [0.2, 0.25) is 10.0 Å². The molecule has 10 heteroatoms. The van der Waals surface area contributed by atoms with E-state index in [9.17, 15) is 18.0 Å². The summed E-state index contributed by atoms with van der Waals surface area (Å²) in [6.07, 6.45) is 2.98. The number of hydrogen-bond acceptors (Lipinski definition) is 6. The van der Waals surface area contributed by atoms with Crippen molar-refractivity contribution in [3.05, 3.63) is 84.2 Å². The molecule has 1 heterocycles. The van der Waals surface area contributed by atoms with Crippen molar-refractivity contribution in [1.29, 1.82) is 0 Å². The summed E-state index contributed by atoms with van der Waals surface area (Å²) in [5, 5.41) is 0. The van der Waals surface area contributed by atoms with Gasteiger partial charge in [-0.25, -0.2) is 8.42 Å². The highest BCUT2D eigenvalue weighted by Gasteiger charge is 2.22. The Hall–Kier alpha value is -3.34. The maximum Gasteiger partial charge on any atom is 0.325 e. The standard InChI is InChI=1S/C23H23N3O5S2/c1-4-14-25(15-5-2)33(29,30)18-12-10-17(11-13-18)22(28)24-23-26(16-21(27)31-3)19-8-6-7-9-20(19)32-23/h4-13H,1-2,14-16H2,3H3. The fourth-order valence-corrected chi connectivity index (χ4v) is 5.49. The Morgan fingerprint density at radius 2 is 1.73 bits per heavy atom. The number of thiazole rings is 1. The summed E-state index contributed by atoms with van der Waals surface area (Å²) in [6, 6.07) is 12.9. The number of sulfonamides is 1. The van der Waals surface area contributed by atoms with E-state index in [0.717, 1.165) is 10.2 Å². The van der Waals surface area contributed by atoms with Crippen LogP contribution in [0, 0.1) is 0 Å². The molecule has 0 radical (unpaired) electrons. The first kappa shape index (κ1) is 24.3. The number of methoxy groups -OCH3 is 1. The Morgan fingerprint density at radius 3 is 2.33 bits per heavy atom. The molecular formula is C23H23N3O5S2. The van der Waals surface area contributed by atoms with Crippen LogP contribution >= 0.6 is 11.3 Å². The number of amides is 1. The van der Waals surface area contributed by atoms with E-state index >= 15 is 0 Å². The number of aromatic nitrogens is 1. The van der Waals surface area contributed by atoms with E-state index in [1.165, 1.54) is 59.2 Å². The molecule has 0 aliphatic rings. The van der Waals surface area contributed by atoms with Gasteiger partial charge in [0.25, 0.3) is 5.91 Å². The number of carbonyl (C=O) groups is 2. The van der Waals surface area contributed by atoms with Gasteiger partial charge in [-0.15, -0.1) is 13.2 Å². The average molecular weight is 486 g/mol. The van der Waals surface area contributed by atoms with Gasteiger partial charge in [-0.1, -0.05) is 35.6 Å². The molecule has 2 aromatic carbocycles. The lowest BCUT2D eigenvalue weighted by molar-refractivity contribution is -0.141. The molecule has 0 saturated carbocycles. The van der Waals surface area contributed by atoms with Crippen LogP contribution in [0.5, 0.6) is 0 Å². The molecular weight excluding hydrogens is 462 g/mol. The Labute approximate surface area is 195 Å². The van der Waals surface area contributed by atoms with E-state index < -0.39 is 21.9 Å². The summed E-state index contributed by atoms with van der Waals surface area (Å²) in [4.78, 5) is 29.3. The van der Waals surface area contributed by atoms with Crippen molar-refractivity contribution < 1.29 is 22.7 Å². The SMILES string of the molecule is C=CCN(CC=C)S(=O)(=O)c1ccc(C(=O)N=c2sc3ccccc3n2CC(=O)OC)cc1. The topological polar surface area (TPSA) is 98.0 Å². The molecule has 0 saturated heterocycles. The maximum atomic E-state index is 12.8. The first-order valence-electron chi connectivity index (χ1n) is 9.88. The summed E-state index contributed by atoms with van der Waals surface area (Å²) in [6.45, 7) is 7.35. The molecule has 1 amide bonds. The molecule has 0 fully saturated rings. The minimum Gasteiger partial charge on any atom is -0.468 e. The quantitative estimate of drug-likeness (QED) is 0.343. The number of esters is 1. The zero-order valence-electron chi connectivity index (χ0n) is 18.0. The van der Waals surface area contributed by atoms with E-state index in [1.54, 1.807) is 4.57 Å². The molecule has 3 aromatic rings. The van der Waals surface area contributed by atoms with Crippen molar-refractivity contribution in [2.24, 2.45) is 4.99 Å². The number of hydrogen-bond donors (Lipinski definition) is 0. The normalized spacial score (nSPS) is 12.1. The van der Waals surface area contributed by atoms with Crippen LogP contribution in [0.4, 0.5) is 0 Å². The van der Waals surface area contributed by atoms with E-state index in [4.69, 9.17) is 4.74 Å². The molecule has 0 atom stereocenters. The Kier molecular flexibility index (Phi) is 7.75. The van der Waals surface area contributed by atoms with Crippen molar-refractivity contribution >= 4 is 43.5 Å². The summed E-state index contributed by atoms with van der Waals surface area (Å²) in [5.74, 6) is -1.02. The van der Waals surface area contributed by atoms with Gasteiger partial charge in [0.15, 0.2) is 4.80 Å². The van der Waals surface area contributed by atoms with Crippen LogP contribution in [0.25, 0.3) is 10.2 Å². The molecule has 3 rings (SSSR count). The predicted octanol–water partition coefficient (Wildman–Crippen LogP) is 2.98. The molecule has 0 N–H and O–H groups in total. The van der Waals surface area contributed by atoms with Crippen LogP contribution in [0.2, 0.25) is 0 Å². The fourth-order valence-electron chi connectivity index (χ4n) is 3.08. The third-order valence-corrected chi connectivity index (χ3v) is 7.61. The third kappa shape index (κ3) is 5.36. The molecule has 1 aromatic heterocycles. The smallest absolute Gasteiger partial charge is 0.325 e. The van der Waals surface area contributed by atoms with E-state index in [1.807, 2.05) is 24.3 Å². The van der Waals surface area contributed by atoms with Gasteiger partial charge < -0.3 is 9.30 Å². The highest BCUT2D eigenvalue weighted by atomic mass is 32.2. The van der Waals surface area contributed by atoms with E-state index in [-0.39, 0.29) is 30.1 Å². The highest BCUT2D eigenvalue weighted by Crippen LogP contribution is 2.19. The molecule has 0 spiro atoms. The predicted molar refractivity (Wildman–Crippen MR) is 127 cm³/mol. The Balaban J connectivity index is 1.96. The molecule has 0 aliphatic carbocycles. The van der Waals surface area contributed by atoms with Gasteiger partial charge >= 0.3 is 5.97 Å². The Morgan fingerprint density at radius 1 is 1.09 bits per heavy atom. The van der Waals surface area contributed by atoms with Crippen molar-refractivity contribution in [3.8, 4) is 0 Å². The van der Waals surface area contributed by atoms with Crippen molar-refractivity contribution in [2.45, 2.75) is 11.4 Å². The second-order valence-electron chi connectivity index (χ2n) is 6.86. The lowest BCUT2D eigenvalue weighted by atomic mass is 10.2. The van der Waals surface area contributed by atoms with Crippen LogP contribution in [0.3, 0.4) is 0 Å². The van der Waals surface area contributed by atoms with Gasteiger partial charge in [0, 0.05) is 18.7 Å². The number of fused-ring (bicyclic) bond motifs is 1. The lowest BCUT2D eigenvalue weighted by Crippen LogP contribution is -2.31. The number of carbonyl (C=O) groups excluding carboxylic acids is 2. The fraction of sp³-hybridized carbons (Fsp3) is 0.174. The summed E-state index contributed by atoms with van der Waals surface area (Å²) in [7, 11) is -2.48. The van der Waals surface area contributed by atoms with Gasteiger partial charge in [0.1, 0.15) is 6.54 Å². The van der Waals surface area contributed by atoms with Crippen molar-refractivity contribution in [3.63, 3.8) is 0 Å². The third-order valence-electron chi connectivity index (χ3n) is 4.70. The van der Waals surface area contributed by atoms with Gasteiger partial charge in [-0.3, -0.25) is 9.59 Å². The van der Waals surface area contributed by atoms with Crippen LogP contribution in [0.1, 0.15) is 10.4 Å². The Bertz CT molecular complexity index is 1360. The highest BCUT2D eigenvalue weighted by molar-refractivity contribution is 7.89. The molecule has 8 nitrogen and oxygen atoms in total. The minimum absolute atomic E-state index is 0.0466. The maximum absolute atomic E-state index is 12.8. The van der Waals surface area contributed by atoms with Crippen LogP contribution < -0.4 is 4.80 Å². The van der Waals surface area contributed by atoms with Crippen molar-refractivity contribution in [2.75, 3.05) is 20.2 Å². The zero-order chi connectivity index (χ0) is 24.0. The molecule has 0 bridgehead atoms. The molecule has 0 aliphatic heterocycles. The number of nitrogens with zero attached hydrogens (tertiary/aromatic N) is 3. The van der Waals surface area contributed by atoms with Gasteiger partial charge in [-0.05, 0) is 36.4 Å². The minimum atomic E-state index is -3.77. The monoisotopic (exact) mass is 485 g/mol. The number of benzene rings is 2. The second kappa shape index (κ2) is 10.5. The van der Waals surface area contributed by atoms with Gasteiger partial charge in [0.05, 0.1) is 22.2 Å². The molecule has 33 heavy (non-hydrogen) atoms. The molecule has 0 unspecified atom stereocenters. The first-order chi connectivity index (χ1) is 15.8. The van der Waals surface area contributed by atoms with E-state index in [2.05, 4.69) is 18.2 Å². The number of rotatable bonds is 9. The van der Waals surface area contributed by atoms with Crippen molar-refractivity contribution in [1.82, 2.24) is 8.87 Å². The largest absolute Gasteiger partial charge is 0.468 e. The van der Waals surface area contributed by atoms with E-state index in [0.29, 0.717) is 4.80 Å². The summed E-state index contributed by atoms with van der Waals surface area (Å²) >= 11 is 1.27. The number of para-hydroxylation sites is 1. The van der Waals surface area contributed by atoms with Crippen LogP contribution in [-0.4, -0.2) is 49.4 Å². The van der Waals surface area contributed by atoms with Crippen LogP contribution in [0.15, 0.2) is 83.7 Å². The lowest BCUT2D eigenvalue weighted by Gasteiger charge is -2.19.